The molecule has 0 spiro atoms. The Morgan fingerprint density at radius 2 is 2.33 bits per heavy atom. The second kappa shape index (κ2) is 5.68. The third-order valence-electron chi connectivity index (χ3n) is 1.80. The van der Waals surface area contributed by atoms with Crippen LogP contribution < -0.4 is 0 Å². The van der Waals surface area contributed by atoms with E-state index in [0.29, 0.717) is 12.2 Å². The van der Waals surface area contributed by atoms with Crippen molar-refractivity contribution in [2.75, 3.05) is 6.61 Å². The number of carbonyl (C=O) groups is 1. The first-order valence-electron chi connectivity index (χ1n) is 4.35. The summed E-state index contributed by atoms with van der Waals surface area (Å²) in [6.45, 7) is 4.21. The molecule has 80 valence electrons. The van der Waals surface area contributed by atoms with E-state index in [1.165, 1.54) is 0 Å². The molecule has 3 nitrogen and oxygen atoms in total. The zero-order valence-electron chi connectivity index (χ0n) is 8.07. The van der Waals surface area contributed by atoms with Crippen LogP contribution in [-0.2, 0) is 11.3 Å². The smallest absolute Gasteiger partial charge is 0.336 e. The van der Waals surface area contributed by atoms with Crippen LogP contribution in [0.15, 0.2) is 35.3 Å². The number of carboxylic acids is 1. The Balaban J connectivity index is 2.85. The molecule has 15 heavy (non-hydrogen) atoms. The van der Waals surface area contributed by atoms with Gasteiger partial charge in [0.15, 0.2) is 0 Å². The minimum Gasteiger partial charge on any atom is -0.478 e. The fraction of sp³-hybridized carbons (Fsp3) is 0.182. The van der Waals surface area contributed by atoms with E-state index >= 15 is 0 Å². The van der Waals surface area contributed by atoms with Crippen LogP contribution in [0.2, 0.25) is 0 Å². The van der Waals surface area contributed by atoms with Gasteiger partial charge < -0.3 is 9.84 Å². The van der Waals surface area contributed by atoms with Gasteiger partial charge >= 0.3 is 5.97 Å². The van der Waals surface area contributed by atoms with Gasteiger partial charge in [-0.25, -0.2) is 4.79 Å². The number of benzene rings is 1. The van der Waals surface area contributed by atoms with Gasteiger partial charge in [-0.05, 0) is 17.7 Å². The molecule has 0 saturated carbocycles. The van der Waals surface area contributed by atoms with Crippen molar-refractivity contribution in [2.45, 2.75) is 6.61 Å². The van der Waals surface area contributed by atoms with Gasteiger partial charge in [0, 0.05) is 4.47 Å². The Labute approximate surface area is 96.5 Å². The van der Waals surface area contributed by atoms with E-state index < -0.39 is 5.97 Å². The fourth-order valence-electron chi connectivity index (χ4n) is 1.13. The molecule has 4 heteroatoms. The molecule has 1 N–H and O–H groups in total. The highest BCUT2D eigenvalue weighted by atomic mass is 79.9. The Morgan fingerprint density at radius 1 is 1.60 bits per heavy atom. The highest BCUT2D eigenvalue weighted by Gasteiger charge is 2.10. The lowest BCUT2D eigenvalue weighted by Crippen LogP contribution is -2.04. The molecular formula is C11H11BrO3. The molecule has 1 aromatic rings. The van der Waals surface area contributed by atoms with Crippen molar-refractivity contribution in [1.29, 1.82) is 0 Å². The summed E-state index contributed by atoms with van der Waals surface area (Å²) in [5.41, 5.74) is 0.918. The van der Waals surface area contributed by atoms with Gasteiger partial charge in [-0.1, -0.05) is 28.1 Å². The summed E-state index contributed by atoms with van der Waals surface area (Å²) in [6.07, 6.45) is 1.62. The number of aromatic carboxylic acids is 1. The summed E-state index contributed by atoms with van der Waals surface area (Å²) in [5.74, 6) is -0.950. The standard InChI is InChI=1S/C11H11BrO3/c1-2-5-15-7-8-3-4-9(12)6-10(8)11(13)14/h2-4,6H,1,5,7H2,(H,13,14). The van der Waals surface area contributed by atoms with E-state index in [0.717, 1.165) is 4.47 Å². The molecular weight excluding hydrogens is 260 g/mol. The molecule has 0 amide bonds. The molecule has 0 fully saturated rings. The molecule has 0 unspecified atom stereocenters. The highest BCUT2D eigenvalue weighted by Crippen LogP contribution is 2.17. The van der Waals surface area contributed by atoms with Crippen LogP contribution in [0, 0.1) is 0 Å². The minimum absolute atomic E-state index is 0.258. The van der Waals surface area contributed by atoms with Gasteiger partial charge in [0.25, 0.3) is 0 Å². The van der Waals surface area contributed by atoms with Crippen molar-refractivity contribution >= 4 is 21.9 Å². The first-order valence-corrected chi connectivity index (χ1v) is 5.15. The van der Waals surface area contributed by atoms with Crippen molar-refractivity contribution in [1.82, 2.24) is 0 Å². The highest BCUT2D eigenvalue weighted by molar-refractivity contribution is 9.10. The average molecular weight is 271 g/mol. The first kappa shape index (κ1) is 11.9. The van der Waals surface area contributed by atoms with Crippen molar-refractivity contribution in [3.05, 3.63) is 46.5 Å². The van der Waals surface area contributed by atoms with Gasteiger partial charge in [-0.15, -0.1) is 6.58 Å². The molecule has 0 aromatic heterocycles. The van der Waals surface area contributed by atoms with Gasteiger partial charge in [-0.3, -0.25) is 0 Å². The number of rotatable bonds is 5. The lowest BCUT2D eigenvalue weighted by Gasteiger charge is -2.06. The van der Waals surface area contributed by atoms with E-state index in [1.54, 1.807) is 24.3 Å². The predicted octanol–water partition coefficient (Wildman–Crippen LogP) is 2.85. The summed E-state index contributed by atoms with van der Waals surface area (Å²) in [4.78, 5) is 10.9. The average Bonchev–Trinajstić information content (AvgIpc) is 2.20. The number of carboxylic acid groups (broad SMARTS) is 1. The van der Waals surface area contributed by atoms with E-state index in [4.69, 9.17) is 9.84 Å². The van der Waals surface area contributed by atoms with E-state index in [9.17, 15) is 4.79 Å². The molecule has 0 aliphatic rings. The molecule has 0 aliphatic heterocycles. The molecule has 1 rings (SSSR count). The minimum atomic E-state index is -0.950. The van der Waals surface area contributed by atoms with Crippen LogP contribution in [-0.4, -0.2) is 17.7 Å². The number of hydrogen-bond acceptors (Lipinski definition) is 2. The third kappa shape index (κ3) is 3.49. The van der Waals surface area contributed by atoms with Crippen LogP contribution in [0.25, 0.3) is 0 Å². The number of hydrogen-bond donors (Lipinski definition) is 1. The molecule has 0 atom stereocenters. The maximum atomic E-state index is 10.9. The molecule has 0 heterocycles. The monoisotopic (exact) mass is 270 g/mol. The van der Waals surface area contributed by atoms with E-state index in [1.807, 2.05) is 0 Å². The normalized spacial score (nSPS) is 9.93. The topological polar surface area (TPSA) is 46.5 Å². The van der Waals surface area contributed by atoms with E-state index in [-0.39, 0.29) is 12.2 Å². The maximum Gasteiger partial charge on any atom is 0.336 e. The molecule has 0 saturated heterocycles. The van der Waals surface area contributed by atoms with E-state index in [2.05, 4.69) is 22.5 Å². The van der Waals surface area contributed by atoms with Crippen LogP contribution in [0.1, 0.15) is 15.9 Å². The third-order valence-corrected chi connectivity index (χ3v) is 2.29. The Morgan fingerprint density at radius 3 is 2.93 bits per heavy atom. The van der Waals surface area contributed by atoms with Gasteiger partial charge in [0.2, 0.25) is 0 Å². The zero-order valence-corrected chi connectivity index (χ0v) is 9.66. The van der Waals surface area contributed by atoms with Crippen molar-refractivity contribution < 1.29 is 14.6 Å². The van der Waals surface area contributed by atoms with Crippen LogP contribution in [0.5, 0.6) is 0 Å². The summed E-state index contributed by atoms with van der Waals surface area (Å²) in [7, 11) is 0. The summed E-state index contributed by atoms with van der Waals surface area (Å²) in [6, 6.07) is 5.09. The van der Waals surface area contributed by atoms with Gasteiger partial charge in [-0.2, -0.15) is 0 Å². The summed E-state index contributed by atoms with van der Waals surface area (Å²) < 4.78 is 5.95. The van der Waals surface area contributed by atoms with Crippen molar-refractivity contribution in [3.8, 4) is 0 Å². The predicted molar refractivity (Wildman–Crippen MR) is 61.0 cm³/mol. The maximum absolute atomic E-state index is 10.9. The van der Waals surface area contributed by atoms with Gasteiger partial charge in [0.05, 0.1) is 18.8 Å². The van der Waals surface area contributed by atoms with Crippen molar-refractivity contribution in [3.63, 3.8) is 0 Å². The fourth-order valence-corrected chi connectivity index (χ4v) is 1.49. The zero-order chi connectivity index (χ0) is 11.3. The van der Waals surface area contributed by atoms with Gasteiger partial charge in [0.1, 0.15) is 0 Å². The summed E-state index contributed by atoms with van der Waals surface area (Å²) >= 11 is 3.23. The Bertz CT molecular complexity index is 374. The van der Waals surface area contributed by atoms with Crippen LogP contribution in [0.3, 0.4) is 0 Å². The largest absolute Gasteiger partial charge is 0.478 e. The molecule has 1 aromatic carbocycles. The second-order valence-corrected chi connectivity index (χ2v) is 3.83. The number of halogens is 1. The molecule has 0 radical (unpaired) electrons. The second-order valence-electron chi connectivity index (χ2n) is 2.91. The quantitative estimate of drug-likeness (QED) is 0.661. The molecule has 0 bridgehead atoms. The first-order chi connectivity index (χ1) is 7.15. The SMILES string of the molecule is C=CCOCc1ccc(Br)cc1C(=O)O. The molecule has 0 aliphatic carbocycles. The van der Waals surface area contributed by atoms with Crippen LogP contribution in [0.4, 0.5) is 0 Å². The Hall–Kier alpha value is -1.13. The van der Waals surface area contributed by atoms with Crippen LogP contribution >= 0.6 is 15.9 Å². The number of ether oxygens (including phenoxy) is 1. The summed E-state index contributed by atoms with van der Waals surface area (Å²) in [5, 5.41) is 8.95. The lowest BCUT2D eigenvalue weighted by molar-refractivity contribution is 0.0690. The Kier molecular flexibility index (Phi) is 4.52. The van der Waals surface area contributed by atoms with Crippen molar-refractivity contribution in [2.24, 2.45) is 0 Å². The lowest BCUT2D eigenvalue weighted by atomic mass is 10.1.